The standard InChI is InChI=1S/C18H20FN5O/c1-25-23-14-3-5-18(16(19)9-14)24-7-6-15(11-24)21-13-2-4-17-12(8-13)10-20-22-17/h2-5,8-10,15,21,23H,6-7,11H2,1H3,(H,20,22). The van der Waals surface area contributed by atoms with Crippen LogP contribution in [0.4, 0.5) is 21.5 Å². The molecule has 1 fully saturated rings. The molecule has 1 unspecified atom stereocenters. The molecule has 0 bridgehead atoms. The van der Waals surface area contributed by atoms with Crippen LogP contribution in [-0.4, -0.2) is 36.4 Å². The van der Waals surface area contributed by atoms with Gasteiger partial charge in [-0.3, -0.25) is 15.4 Å². The van der Waals surface area contributed by atoms with E-state index in [1.165, 1.54) is 13.2 Å². The molecule has 1 aliphatic heterocycles. The molecular weight excluding hydrogens is 321 g/mol. The van der Waals surface area contributed by atoms with Crippen molar-refractivity contribution >= 4 is 28.0 Å². The number of rotatable bonds is 5. The van der Waals surface area contributed by atoms with Gasteiger partial charge in [-0.2, -0.15) is 5.10 Å². The van der Waals surface area contributed by atoms with Crippen LogP contribution in [0.2, 0.25) is 0 Å². The van der Waals surface area contributed by atoms with Crippen LogP contribution >= 0.6 is 0 Å². The summed E-state index contributed by atoms with van der Waals surface area (Å²) in [5.74, 6) is -0.248. The molecule has 0 aliphatic carbocycles. The van der Waals surface area contributed by atoms with E-state index in [0.29, 0.717) is 11.4 Å². The van der Waals surface area contributed by atoms with Crippen LogP contribution in [0.15, 0.2) is 42.6 Å². The van der Waals surface area contributed by atoms with Crippen molar-refractivity contribution in [1.29, 1.82) is 0 Å². The second-order valence-electron chi connectivity index (χ2n) is 6.22. The lowest BCUT2D eigenvalue weighted by Gasteiger charge is -2.20. The Kier molecular flexibility index (Phi) is 4.15. The van der Waals surface area contributed by atoms with Crippen molar-refractivity contribution in [2.75, 3.05) is 35.9 Å². The number of nitrogens with one attached hydrogen (secondary N) is 3. The molecule has 1 saturated heterocycles. The first-order valence-corrected chi connectivity index (χ1v) is 8.26. The normalized spacial score (nSPS) is 17.2. The largest absolute Gasteiger partial charge is 0.380 e. The summed E-state index contributed by atoms with van der Waals surface area (Å²) >= 11 is 0. The molecule has 0 spiro atoms. The molecule has 7 heteroatoms. The highest BCUT2D eigenvalue weighted by Crippen LogP contribution is 2.27. The minimum Gasteiger partial charge on any atom is -0.380 e. The van der Waals surface area contributed by atoms with Crippen LogP contribution in [0.1, 0.15) is 6.42 Å². The predicted molar refractivity (Wildman–Crippen MR) is 97.4 cm³/mol. The average molecular weight is 341 g/mol. The van der Waals surface area contributed by atoms with Crippen LogP contribution < -0.4 is 15.7 Å². The van der Waals surface area contributed by atoms with Crippen LogP contribution in [0.3, 0.4) is 0 Å². The Labute approximate surface area is 144 Å². The van der Waals surface area contributed by atoms with Crippen molar-refractivity contribution < 1.29 is 9.23 Å². The van der Waals surface area contributed by atoms with Crippen molar-refractivity contribution in [2.45, 2.75) is 12.5 Å². The second-order valence-corrected chi connectivity index (χ2v) is 6.22. The summed E-state index contributed by atoms with van der Waals surface area (Å²) in [5.41, 5.74) is 5.94. The Morgan fingerprint density at radius 2 is 2.12 bits per heavy atom. The van der Waals surface area contributed by atoms with Gasteiger partial charge in [0.05, 0.1) is 30.2 Å². The fourth-order valence-corrected chi connectivity index (χ4v) is 3.31. The third kappa shape index (κ3) is 3.23. The van der Waals surface area contributed by atoms with Crippen LogP contribution in [-0.2, 0) is 4.84 Å². The van der Waals surface area contributed by atoms with Gasteiger partial charge in [-0.15, -0.1) is 0 Å². The van der Waals surface area contributed by atoms with Crippen molar-refractivity contribution in [3.05, 3.63) is 48.4 Å². The molecule has 1 atom stereocenters. The molecule has 3 N–H and O–H groups in total. The minimum absolute atomic E-state index is 0.248. The highest BCUT2D eigenvalue weighted by molar-refractivity contribution is 5.81. The Balaban J connectivity index is 1.44. The molecule has 3 aromatic rings. The van der Waals surface area contributed by atoms with Gasteiger partial charge in [0.2, 0.25) is 0 Å². The molecule has 4 rings (SSSR count). The summed E-state index contributed by atoms with van der Waals surface area (Å²) in [6.45, 7) is 1.58. The zero-order valence-electron chi connectivity index (χ0n) is 13.9. The molecule has 0 saturated carbocycles. The molecule has 2 heterocycles. The number of halogens is 1. The number of aromatic nitrogens is 2. The number of benzene rings is 2. The van der Waals surface area contributed by atoms with Gasteiger partial charge in [0.15, 0.2) is 0 Å². The fourth-order valence-electron chi connectivity index (χ4n) is 3.31. The first kappa shape index (κ1) is 15.7. The topological polar surface area (TPSA) is 65.2 Å². The van der Waals surface area contributed by atoms with Crippen molar-refractivity contribution in [3.63, 3.8) is 0 Å². The van der Waals surface area contributed by atoms with Crippen molar-refractivity contribution in [3.8, 4) is 0 Å². The van der Waals surface area contributed by atoms with Crippen molar-refractivity contribution in [2.24, 2.45) is 0 Å². The molecule has 0 amide bonds. The first-order chi connectivity index (χ1) is 12.2. The second kappa shape index (κ2) is 6.60. The summed E-state index contributed by atoms with van der Waals surface area (Å²) < 4.78 is 14.4. The molecule has 130 valence electrons. The Hall–Kier alpha value is -2.80. The molecule has 25 heavy (non-hydrogen) atoms. The number of H-pyrrole nitrogens is 1. The van der Waals surface area contributed by atoms with Crippen LogP contribution in [0.5, 0.6) is 0 Å². The van der Waals surface area contributed by atoms with E-state index in [0.717, 1.165) is 36.1 Å². The monoisotopic (exact) mass is 341 g/mol. The number of anilines is 3. The first-order valence-electron chi connectivity index (χ1n) is 8.26. The van der Waals surface area contributed by atoms with Gasteiger partial charge in [0, 0.05) is 36.3 Å². The Morgan fingerprint density at radius 1 is 1.24 bits per heavy atom. The number of aromatic amines is 1. The van der Waals surface area contributed by atoms with Gasteiger partial charge in [0.1, 0.15) is 5.82 Å². The van der Waals surface area contributed by atoms with E-state index in [1.807, 2.05) is 24.4 Å². The molecule has 1 aromatic heterocycles. The third-order valence-electron chi connectivity index (χ3n) is 4.51. The smallest absolute Gasteiger partial charge is 0.148 e. The fraction of sp³-hybridized carbons (Fsp3) is 0.278. The average Bonchev–Trinajstić information content (AvgIpc) is 3.24. The summed E-state index contributed by atoms with van der Waals surface area (Å²) in [7, 11) is 1.50. The van der Waals surface area contributed by atoms with Gasteiger partial charge in [-0.25, -0.2) is 4.39 Å². The molecule has 2 aromatic carbocycles. The van der Waals surface area contributed by atoms with E-state index in [9.17, 15) is 4.39 Å². The highest BCUT2D eigenvalue weighted by Gasteiger charge is 2.24. The van der Waals surface area contributed by atoms with E-state index in [4.69, 9.17) is 4.84 Å². The summed E-state index contributed by atoms with van der Waals surface area (Å²) in [6, 6.07) is 11.5. The maximum Gasteiger partial charge on any atom is 0.148 e. The van der Waals surface area contributed by atoms with Gasteiger partial charge >= 0.3 is 0 Å². The number of nitrogens with zero attached hydrogens (tertiary/aromatic N) is 2. The third-order valence-corrected chi connectivity index (χ3v) is 4.51. The maximum atomic E-state index is 14.4. The van der Waals surface area contributed by atoms with Gasteiger partial charge in [0.25, 0.3) is 0 Å². The quantitative estimate of drug-likeness (QED) is 0.621. The van der Waals surface area contributed by atoms with E-state index < -0.39 is 0 Å². The number of fused-ring (bicyclic) bond motifs is 1. The van der Waals surface area contributed by atoms with E-state index >= 15 is 0 Å². The molecule has 1 aliphatic rings. The van der Waals surface area contributed by atoms with Crippen LogP contribution in [0, 0.1) is 5.82 Å². The zero-order valence-corrected chi connectivity index (χ0v) is 13.9. The Morgan fingerprint density at radius 3 is 2.96 bits per heavy atom. The Bertz CT molecular complexity index is 881. The van der Waals surface area contributed by atoms with Gasteiger partial charge in [-0.1, -0.05) is 0 Å². The van der Waals surface area contributed by atoms with Crippen molar-refractivity contribution in [1.82, 2.24) is 10.2 Å². The van der Waals surface area contributed by atoms with E-state index in [2.05, 4.69) is 32.0 Å². The minimum atomic E-state index is -0.248. The lowest BCUT2D eigenvalue weighted by atomic mass is 10.2. The van der Waals surface area contributed by atoms with E-state index in [1.54, 1.807) is 6.07 Å². The lowest BCUT2D eigenvalue weighted by Crippen LogP contribution is -2.26. The molecule has 6 nitrogen and oxygen atoms in total. The number of hydrogen-bond acceptors (Lipinski definition) is 5. The summed E-state index contributed by atoms with van der Waals surface area (Å²) in [4.78, 5) is 6.88. The molecular formula is C18H20FN5O. The highest BCUT2D eigenvalue weighted by atomic mass is 19.1. The summed E-state index contributed by atoms with van der Waals surface area (Å²) in [6.07, 6.45) is 2.77. The zero-order chi connectivity index (χ0) is 17.2. The predicted octanol–water partition coefficient (Wildman–Crippen LogP) is 3.37. The SMILES string of the molecule is CONc1ccc(N2CCC(Nc3ccc4[nH]ncc4c3)C2)c(F)c1. The lowest BCUT2D eigenvalue weighted by molar-refractivity contribution is 0.271. The van der Waals surface area contributed by atoms with Gasteiger partial charge < -0.3 is 10.2 Å². The van der Waals surface area contributed by atoms with Gasteiger partial charge in [-0.05, 0) is 36.8 Å². The molecule has 0 radical (unpaired) electrons. The van der Waals surface area contributed by atoms with E-state index in [-0.39, 0.29) is 11.9 Å². The maximum absolute atomic E-state index is 14.4. The number of hydrogen-bond donors (Lipinski definition) is 3. The summed E-state index contributed by atoms with van der Waals surface area (Å²) in [5, 5.41) is 11.6. The van der Waals surface area contributed by atoms with Crippen LogP contribution in [0.25, 0.3) is 10.9 Å².